The molecule has 0 unspecified atom stereocenters. The van der Waals surface area contributed by atoms with Gasteiger partial charge in [0.25, 0.3) is 0 Å². The average Bonchev–Trinajstić information content (AvgIpc) is 2.63. The smallest absolute Gasteiger partial charge is 0.312 e. The molecule has 6 nitrogen and oxygen atoms in total. The molecule has 0 aliphatic carbocycles. The van der Waals surface area contributed by atoms with Gasteiger partial charge < -0.3 is 4.74 Å². The van der Waals surface area contributed by atoms with E-state index in [1.807, 2.05) is 0 Å². The van der Waals surface area contributed by atoms with Crippen molar-refractivity contribution in [2.75, 3.05) is 0 Å². The predicted molar refractivity (Wildman–Crippen MR) is 70.4 cm³/mol. The number of halogens is 1. The van der Waals surface area contributed by atoms with Gasteiger partial charge in [-0.25, -0.2) is 4.68 Å². The van der Waals surface area contributed by atoms with Gasteiger partial charge in [0, 0.05) is 5.02 Å². The maximum Gasteiger partial charge on any atom is 0.312 e. The Morgan fingerprint density at radius 2 is 2.00 bits per heavy atom. The standard InChI is InChI=1S/C12H12ClN3O3/c1-8-12(16(17)18)9(2)15(14-8)7-19-11-5-3-10(13)4-6-11/h3-6H,7H2,1-2H3. The molecule has 1 aromatic carbocycles. The normalized spacial score (nSPS) is 10.5. The van der Waals surface area contributed by atoms with Crippen LogP contribution in [0.3, 0.4) is 0 Å². The number of aryl methyl sites for hydroxylation is 1. The molecule has 0 saturated carbocycles. The van der Waals surface area contributed by atoms with E-state index < -0.39 is 4.92 Å². The lowest BCUT2D eigenvalue weighted by atomic mass is 10.3. The molecule has 19 heavy (non-hydrogen) atoms. The SMILES string of the molecule is Cc1nn(COc2ccc(Cl)cc2)c(C)c1[N+](=O)[O-]. The van der Waals surface area contributed by atoms with Gasteiger partial charge in [0.15, 0.2) is 6.73 Å². The first-order valence-corrected chi connectivity index (χ1v) is 5.93. The maximum atomic E-state index is 10.9. The Kier molecular flexibility index (Phi) is 3.71. The van der Waals surface area contributed by atoms with Crippen LogP contribution in [0, 0.1) is 24.0 Å². The van der Waals surface area contributed by atoms with Crippen LogP contribution in [-0.4, -0.2) is 14.7 Å². The third kappa shape index (κ3) is 2.85. The fourth-order valence-corrected chi connectivity index (χ4v) is 1.87. The fourth-order valence-electron chi connectivity index (χ4n) is 1.74. The zero-order valence-electron chi connectivity index (χ0n) is 10.5. The van der Waals surface area contributed by atoms with Crippen LogP contribution in [0.2, 0.25) is 5.02 Å². The lowest BCUT2D eigenvalue weighted by molar-refractivity contribution is -0.386. The molecule has 2 aromatic rings. The molecule has 0 spiro atoms. The Balaban J connectivity index is 2.14. The number of nitro groups is 1. The molecular formula is C12H12ClN3O3. The van der Waals surface area contributed by atoms with Crippen LogP contribution in [0.25, 0.3) is 0 Å². The predicted octanol–water partition coefficient (Wildman–Crippen LogP) is 3.10. The Morgan fingerprint density at radius 1 is 1.37 bits per heavy atom. The third-order valence-electron chi connectivity index (χ3n) is 2.69. The van der Waals surface area contributed by atoms with Crippen LogP contribution >= 0.6 is 11.6 Å². The van der Waals surface area contributed by atoms with Gasteiger partial charge in [-0.15, -0.1) is 0 Å². The summed E-state index contributed by atoms with van der Waals surface area (Å²) in [7, 11) is 0. The van der Waals surface area contributed by atoms with E-state index in [1.165, 1.54) is 4.68 Å². The summed E-state index contributed by atoms with van der Waals surface area (Å²) in [6, 6.07) is 6.87. The minimum absolute atomic E-state index is 0.0275. The van der Waals surface area contributed by atoms with E-state index >= 15 is 0 Å². The van der Waals surface area contributed by atoms with E-state index in [0.717, 1.165) is 0 Å². The van der Waals surface area contributed by atoms with E-state index in [4.69, 9.17) is 16.3 Å². The minimum atomic E-state index is -0.434. The Hall–Kier alpha value is -2.08. The van der Waals surface area contributed by atoms with Gasteiger partial charge in [0.1, 0.15) is 17.1 Å². The van der Waals surface area contributed by atoms with Crippen molar-refractivity contribution in [3.8, 4) is 5.75 Å². The van der Waals surface area contributed by atoms with Crippen molar-refractivity contribution >= 4 is 17.3 Å². The first-order valence-electron chi connectivity index (χ1n) is 5.56. The number of aromatic nitrogens is 2. The molecule has 0 fully saturated rings. The third-order valence-corrected chi connectivity index (χ3v) is 2.94. The summed E-state index contributed by atoms with van der Waals surface area (Å²) in [6.45, 7) is 3.36. The second kappa shape index (κ2) is 5.27. The molecule has 0 radical (unpaired) electrons. The van der Waals surface area contributed by atoms with E-state index in [1.54, 1.807) is 38.1 Å². The van der Waals surface area contributed by atoms with Crippen LogP contribution in [0.15, 0.2) is 24.3 Å². The maximum absolute atomic E-state index is 10.9. The molecule has 0 amide bonds. The van der Waals surface area contributed by atoms with E-state index in [9.17, 15) is 10.1 Å². The summed E-state index contributed by atoms with van der Waals surface area (Å²) in [4.78, 5) is 10.4. The van der Waals surface area contributed by atoms with Gasteiger partial charge in [0.05, 0.1) is 4.92 Å². The molecule has 0 saturated heterocycles. The van der Waals surface area contributed by atoms with Crippen molar-refractivity contribution in [3.63, 3.8) is 0 Å². The lowest BCUT2D eigenvalue weighted by Gasteiger charge is -2.07. The van der Waals surface area contributed by atoms with Gasteiger partial charge in [0.2, 0.25) is 0 Å². The van der Waals surface area contributed by atoms with Crippen LogP contribution < -0.4 is 4.74 Å². The highest BCUT2D eigenvalue weighted by atomic mass is 35.5. The Labute approximate surface area is 114 Å². The van der Waals surface area contributed by atoms with E-state index in [-0.39, 0.29) is 12.4 Å². The molecule has 100 valence electrons. The van der Waals surface area contributed by atoms with Crippen molar-refractivity contribution in [3.05, 3.63) is 50.8 Å². The molecule has 7 heteroatoms. The highest BCUT2D eigenvalue weighted by Gasteiger charge is 2.21. The van der Waals surface area contributed by atoms with Crippen molar-refractivity contribution < 1.29 is 9.66 Å². The number of rotatable bonds is 4. The van der Waals surface area contributed by atoms with Crippen LogP contribution in [0.1, 0.15) is 11.4 Å². The van der Waals surface area contributed by atoms with E-state index in [2.05, 4.69) is 5.10 Å². The topological polar surface area (TPSA) is 70.2 Å². The molecule has 1 aromatic heterocycles. The van der Waals surface area contributed by atoms with Gasteiger partial charge in [-0.1, -0.05) is 11.6 Å². The second-order valence-electron chi connectivity index (χ2n) is 4.00. The van der Waals surface area contributed by atoms with E-state index in [0.29, 0.717) is 22.2 Å². The minimum Gasteiger partial charge on any atom is -0.471 e. The Morgan fingerprint density at radius 3 is 2.53 bits per heavy atom. The van der Waals surface area contributed by atoms with Gasteiger partial charge in [-0.05, 0) is 38.1 Å². The lowest BCUT2D eigenvalue weighted by Crippen LogP contribution is -2.08. The average molecular weight is 282 g/mol. The molecular weight excluding hydrogens is 270 g/mol. The molecule has 0 aliphatic heterocycles. The van der Waals surface area contributed by atoms with Crippen molar-refractivity contribution in [1.82, 2.24) is 9.78 Å². The summed E-state index contributed by atoms with van der Waals surface area (Å²) in [5, 5.41) is 15.6. The van der Waals surface area contributed by atoms with Crippen LogP contribution in [0.4, 0.5) is 5.69 Å². The molecule has 0 aliphatic rings. The number of nitrogens with zero attached hydrogens (tertiary/aromatic N) is 3. The molecule has 2 rings (SSSR count). The van der Waals surface area contributed by atoms with Crippen molar-refractivity contribution in [1.29, 1.82) is 0 Å². The molecule has 1 heterocycles. The Bertz CT molecular complexity index is 607. The van der Waals surface area contributed by atoms with Crippen molar-refractivity contribution in [2.24, 2.45) is 0 Å². The zero-order chi connectivity index (χ0) is 14.0. The van der Waals surface area contributed by atoms with Gasteiger partial charge in [-0.2, -0.15) is 5.10 Å². The highest BCUT2D eigenvalue weighted by molar-refractivity contribution is 6.30. The quantitative estimate of drug-likeness (QED) is 0.638. The first-order chi connectivity index (χ1) is 8.99. The summed E-state index contributed by atoms with van der Waals surface area (Å²) in [5.41, 5.74) is 0.873. The van der Waals surface area contributed by atoms with Crippen LogP contribution in [-0.2, 0) is 6.73 Å². The molecule has 0 atom stereocenters. The largest absolute Gasteiger partial charge is 0.471 e. The summed E-state index contributed by atoms with van der Waals surface area (Å²) in [5.74, 6) is 0.625. The second-order valence-corrected chi connectivity index (χ2v) is 4.44. The first kappa shape index (κ1) is 13.4. The number of hydrogen-bond acceptors (Lipinski definition) is 4. The van der Waals surface area contributed by atoms with Gasteiger partial charge in [-0.3, -0.25) is 10.1 Å². The van der Waals surface area contributed by atoms with Crippen LogP contribution in [0.5, 0.6) is 5.75 Å². The number of hydrogen-bond donors (Lipinski definition) is 0. The summed E-state index contributed by atoms with van der Waals surface area (Å²) < 4.78 is 6.96. The zero-order valence-corrected chi connectivity index (χ0v) is 11.2. The molecule has 0 N–H and O–H groups in total. The molecule has 0 bridgehead atoms. The number of benzene rings is 1. The monoisotopic (exact) mass is 281 g/mol. The number of ether oxygens (including phenoxy) is 1. The highest BCUT2D eigenvalue weighted by Crippen LogP contribution is 2.22. The summed E-state index contributed by atoms with van der Waals surface area (Å²) >= 11 is 5.76. The van der Waals surface area contributed by atoms with Crippen molar-refractivity contribution in [2.45, 2.75) is 20.6 Å². The summed E-state index contributed by atoms with van der Waals surface area (Å²) in [6.07, 6.45) is 0. The van der Waals surface area contributed by atoms with Gasteiger partial charge >= 0.3 is 5.69 Å². The fraction of sp³-hybridized carbons (Fsp3) is 0.250.